The van der Waals surface area contributed by atoms with Crippen LogP contribution >= 0.6 is 0 Å². The molecule has 42 heavy (non-hydrogen) atoms. The molecule has 4 aromatic rings. The number of unbranched alkanes of at least 4 members (excludes halogenated alkanes) is 1. The van der Waals surface area contributed by atoms with Crippen molar-refractivity contribution in [1.82, 2.24) is 0 Å². The van der Waals surface area contributed by atoms with Gasteiger partial charge in [-0.15, -0.1) is 0 Å². The van der Waals surface area contributed by atoms with E-state index in [1.165, 1.54) is 0 Å². The fourth-order valence-corrected chi connectivity index (χ4v) is 6.18. The Morgan fingerprint density at radius 2 is 1.12 bits per heavy atom. The van der Waals surface area contributed by atoms with E-state index in [2.05, 4.69) is 39.0 Å². The van der Waals surface area contributed by atoms with Crippen molar-refractivity contribution >= 4 is 11.9 Å². The fraction of sp³-hybridized carbons (Fsp3) is 0.297. The average Bonchev–Trinajstić information content (AvgIpc) is 3.02. The van der Waals surface area contributed by atoms with Gasteiger partial charge in [-0.3, -0.25) is 0 Å². The average molecular weight is 563 g/mol. The Morgan fingerprint density at radius 1 is 0.643 bits per heavy atom. The van der Waals surface area contributed by atoms with Crippen molar-refractivity contribution in [1.29, 1.82) is 0 Å². The molecule has 0 amide bonds. The molecule has 4 aromatic carbocycles. The lowest BCUT2D eigenvalue weighted by molar-refractivity contribution is -0.179. The van der Waals surface area contributed by atoms with E-state index in [0.29, 0.717) is 17.7 Å². The first-order valence-electron chi connectivity index (χ1n) is 14.6. The van der Waals surface area contributed by atoms with Crippen LogP contribution in [0.2, 0.25) is 0 Å². The highest BCUT2D eigenvalue weighted by Gasteiger charge is 2.60. The first-order valence-corrected chi connectivity index (χ1v) is 14.6. The maximum atomic E-state index is 13.8. The molecule has 0 bridgehead atoms. The van der Waals surface area contributed by atoms with E-state index in [4.69, 9.17) is 14.2 Å². The van der Waals surface area contributed by atoms with Crippen molar-refractivity contribution in [2.45, 2.75) is 63.8 Å². The largest absolute Gasteiger partial charge is 0.453 e. The molecule has 0 saturated carbocycles. The molecule has 0 N–H and O–H groups in total. The highest BCUT2D eigenvalue weighted by molar-refractivity contribution is 5.90. The van der Waals surface area contributed by atoms with Crippen molar-refractivity contribution in [2.24, 2.45) is 0 Å². The molecule has 5 heteroatoms. The van der Waals surface area contributed by atoms with E-state index in [0.717, 1.165) is 35.1 Å². The van der Waals surface area contributed by atoms with Crippen LogP contribution in [0.4, 0.5) is 0 Å². The lowest BCUT2D eigenvalue weighted by Crippen LogP contribution is -2.62. The Kier molecular flexibility index (Phi) is 8.60. The SMILES string of the molecule is CCCCO[C@]1(C)c2ccccc2[C@@](C)(c2ccccc2C)C(OC(=O)c2ccccc2)C1OC(=O)c1ccccc1. The standard InChI is InChI=1S/C37H38O5/c1-5-6-25-40-37(4)31-24-16-15-23-30(31)36(3,29-22-14-13-17-26(29)2)32(41-34(38)27-18-9-7-10-19-27)33(37)42-35(39)28-20-11-8-12-21-28/h7-24,32-33H,5-6,25H2,1-4H3/t32?,33?,36-,37-/m1/s1. The van der Waals surface area contributed by atoms with Gasteiger partial charge in [0, 0.05) is 6.61 Å². The van der Waals surface area contributed by atoms with Crippen molar-refractivity contribution in [2.75, 3.05) is 6.61 Å². The quantitative estimate of drug-likeness (QED) is 0.154. The zero-order valence-electron chi connectivity index (χ0n) is 24.7. The molecule has 216 valence electrons. The number of ether oxygens (including phenoxy) is 3. The topological polar surface area (TPSA) is 61.8 Å². The molecule has 2 unspecified atom stereocenters. The number of carbonyl (C=O) groups is 2. The van der Waals surface area contributed by atoms with Gasteiger partial charge < -0.3 is 14.2 Å². The minimum absolute atomic E-state index is 0.415. The molecule has 5 nitrogen and oxygen atoms in total. The lowest BCUT2D eigenvalue weighted by Gasteiger charge is -2.53. The molecule has 4 atom stereocenters. The van der Waals surface area contributed by atoms with E-state index in [9.17, 15) is 9.59 Å². The summed E-state index contributed by atoms with van der Waals surface area (Å²) in [6.45, 7) is 8.64. The Balaban J connectivity index is 1.74. The van der Waals surface area contributed by atoms with Crippen LogP contribution in [0.15, 0.2) is 109 Å². The van der Waals surface area contributed by atoms with Crippen molar-refractivity contribution in [3.63, 3.8) is 0 Å². The highest BCUT2D eigenvalue weighted by atomic mass is 16.6. The van der Waals surface area contributed by atoms with Crippen LogP contribution in [-0.2, 0) is 25.2 Å². The Hall–Kier alpha value is -4.22. The van der Waals surface area contributed by atoms with E-state index in [1.807, 2.05) is 49.4 Å². The molecule has 5 rings (SSSR count). The molecule has 1 aliphatic carbocycles. The number of rotatable bonds is 9. The van der Waals surface area contributed by atoms with Gasteiger partial charge >= 0.3 is 11.9 Å². The monoisotopic (exact) mass is 562 g/mol. The molecule has 1 aliphatic rings. The van der Waals surface area contributed by atoms with Gasteiger partial charge in [-0.25, -0.2) is 9.59 Å². The smallest absolute Gasteiger partial charge is 0.338 e. The zero-order chi connectivity index (χ0) is 29.7. The van der Waals surface area contributed by atoms with Gasteiger partial charge in [0.25, 0.3) is 0 Å². The predicted molar refractivity (Wildman–Crippen MR) is 164 cm³/mol. The maximum absolute atomic E-state index is 13.8. The van der Waals surface area contributed by atoms with E-state index in [-0.39, 0.29) is 0 Å². The predicted octanol–water partition coefficient (Wildman–Crippen LogP) is 7.80. The first kappa shape index (κ1) is 29.3. The highest BCUT2D eigenvalue weighted by Crippen LogP contribution is 2.53. The van der Waals surface area contributed by atoms with Crippen molar-refractivity contribution in [3.05, 3.63) is 143 Å². The molecular formula is C37H38O5. The van der Waals surface area contributed by atoms with Crippen LogP contribution in [0.25, 0.3) is 0 Å². The summed E-state index contributed by atoms with van der Waals surface area (Å²) >= 11 is 0. The van der Waals surface area contributed by atoms with Crippen LogP contribution in [0.5, 0.6) is 0 Å². The summed E-state index contributed by atoms with van der Waals surface area (Å²) in [6.07, 6.45) is -0.102. The third-order valence-corrected chi connectivity index (χ3v) is 8.50. The summed E-state index contributed by atoms with van der Waals surface area (Å²) in [5, 5.41) is 0. The second-order valence-electron chi connectivity index (χ2n) is 11.3. The first-order chi connectivity index (χ1) is 20.3. The normalized spacial score (nSPS) is 23.0. The van der Waals surface area contributed by atoms with Gasteiger partial charge in [-0.05, 0) is 73.7 Å². The molecule has 0 radical (unpaired) electrons. The van der Waals surface area contributed by atoms with Crippen molar-refractivity contribution in [3.8, 4) is 0 Å². The van der Waals surface area contributed by atoms with Gasteiger partial charge in [0.2, 0.25) is 0 Å². The molecule has 0 aromatic heterocycles. The van der Waals surface area contributed by atoms with Gasteiger partial charge in [-0.2, -0.15) is 0 Å². The molecule has 0 fully saturated rings. The van der Waals surface area contributed by atoms with Gasteiger partial charge in [0.15, 0.2) is 12.2 Å². The molecule has 0 heterocycles. The number of hydrogen-bond donors (Lipinski definition) is 0. The van der Waals surface area contributed by atoms with Crippen LogP contribution < -0.4 is 0 Å². The van der Waals surface area contributed by atoms with Crippen LogP contribution in [0.1, 0.15) is 76.6 Å². The fourth-order valence-electron chi connectivity index (χ4n) is 6.18. The number of hydrogen-bond acceptors (Lipinski definition) is 5. The Morgan fingerprint density at radius 3 is 1.67 bits per heavy atom. The summed E-state index contributed by atoms with van der Waals surface area (Å²) in [4.78, 5) is 27.5. The zero-order valence-corrected chi connectivity index (χ0v) is 24.7. The van der Waals surface area contributed by atoms with Gasteiger partial charge in [0.1, 0.15) is 5.60 Å². The maximum Gasteiger partial charge on any atom is 0.338 e. The van der Waals surface area contributed by atoms with Crippen LogP contribution in [0.3, 0.4) is 0 Å². The van der Waals surface area contributed by atoms with Crippen molar-refractivity contribution < 1.29 is 23.8 Å². The molecule has 0 spiro atoms. The number of fused-ring (bicyclic) bond motifs is 1. The summed E-state index contributed by atoms with van der Waals surface area (Å²) in [7, 11) is 0. The third-order valence-electron chi connectivity index (χ3n) is 8.50. The van der Waals surface area contributed by atoms with E-state index in [1.54, 1.807) is 48.5 Å². The molecule has 0 aliphatic heterocycles. The Labute approximate surface area is 248 Å². The summed E-state index contributed by atoms with van der Waals surface area (Å²) in [6, 6.07) is 34.0. The van der Waals surface area contributed by atoms with E-state index >= 15 is 0 Å². The number of aryl methyl sites for hydroxylation is 1. The second-order valence-corrected chi connectivity index (χ2v) is 11.3. The lowest BCUT2D eigenvalue weighted by atomic mass is 9.59. The summed E-state index contributed by atoms with van der Waals surface area (Å²) in [5.74, 6) is -0.991. The molecule has 0 saturated heterocycles. The van der Waals surface area contributed by atoms with E-state index < -0.39 is 35.2 Å². The number of esters is 2. The van der Waals surface area contributed by atoms with Gasteiger partial charge in [0.05, 0.1) is 16.5 Å². The minimum Gasteiger partial charge on any atom is -0.453 e. The minimum atomic E-state index is -1.10. The third kappa shape index (κ3) is 5.37. The van der Waals surface area contributed by atoms with Crippen LogP contribution in [-0.4, -0.2) is 30.8 Å². The number of benzene rings is 4. The molecular weight excluding hydrogens is 524 g/mol. The summed E-state index contributed by atoms with van der Waals surface area (Å²) < 4.78 is 19.7. The summed E-state index contributed by atoms with van der Waals surface area (Å²) in [5.41, 5.74) is 2.77. The Bertz CT molecular complexity index is 1530. The number of carbonyl (C=O) groups excluding carboxylic acids is 2. The van der Waals surface area contributed by atoms with Gasteiger partial charge in [-0.1, -0.05) is 98.3 Å². The second kappa shape index (κ2) is 12.3. The van der Waals surface area contributed by atoms with Crippen LogP contribution in [0, 0.1) is 6.92 Å².